The Morgan fingerprint density at radius 1 is 1.00 bits per heavy atom. The molecular formula is C18H27N3O3S. The third-order valence-corrected chi connectivity index (χ3v) is 6.86. The van der Waals surface area contributed by atoms with Gasteiger partial charge in [-0.15, -0.1) is 0 Å². The van der Waals surface area contributed by atoms with Gasteiger partial charge in [0.15, 0.2) is 0 Å². The first-order valence-corrected chi connectivity index (χ1v) is 10.7. The highest BCUT2D eigenvalue weighted by molar-refractivity contribution is 7.88. The standard InChI is InChI=1S/C18H27N3O3S/c22-18(19-17-9-4-5-10-17)20-11-6-12-21(14-13-20)25(23,24)15-16-7-2-1-3-8-16/h1-3,7-8,17H,4-6,9-15H2,(H,19,22). The van der Waals surface area contributed by atoms with Crippen molar-refractivity contribution < 1.29 is 13.2 Å². The van der Waals surface area contributed by atoms with Gasteiger partial charge in [-0.05, 0) is 24.8 Å². The van der Waals surface area contributed by atoms with E-state index in [0.717, 1.165) is 18.4 Å². The van der Waals surface area contributed by atoms with Crippen molar-refractivity contribution in [3.8, 4) is 0 Å². The molecule has 1 aliphatic carbocycles. The molecule has 0 atom stereocenters. The largest absolute Gasteiger partial charge is 0.335 e. The number of sulfonamides is 1. The van der Waals surface area contributed by atoms with Crippen LogP contribution in [-0.4, -0.2) is 55.9 Å². The Balaban J connectivity index is 1.56. The third-order valence-electron chi connectivity index (χ3n) is 5.01. The monoisotopic (exact) mass is 365 g/mol. The first-order valence-electron chi connectivity index (χ1n) is 9.12. The zero-order valence-corrected chi connectivity index (χ0v) is 15.4. The quantitative estimate of drug-likeness (QED) is 0.889. The summed E-state index contributed by atoms with van der Waals surface area (Å²) < 4.78 is 26.9. The molecule has 1 saturated heterocycles. The maximum Gasteiger partial charge on any atom is 0.317 e. The summed E-state index contributed by atoms with van der Waals surface area (Å²) in [6.45, 7) is 1.90. The lowest BCUT2D eigenvalue weighted by Crippen LogP contribution is -2.45. The van der Waals surface area contributed by atoms with Crippen LogP contribution >= 0.6 is 0 Å². The van der Waals surface area contributed by atoms with Crippen LogP contribution in [0.3, 0.4) is 0 Å². The van der Waals surface area contributed by atoms with Crippen LogP contribution in [0, 0.1) is 0 Å². The van der Waals surface area contributed by atoms with Crippen LogP contribution in [0.1, 0.15) is 37.7 Å². The molecule has 0 aromatic heterocycles. The topological polar surface area (TPSA) is 69.7 Å². The van der Waals surface area contributed by atoms with Crippen molar-refractivity contribution in [3.05, 3.63) is 35.9 Å². The number of carbonyl (C=O) groups excluding carboxylic acids is 1. The SMILES string of the molecule is O=C(NC1CCCC1)N1CCCN(S(=O)(=O)Cc2ccccc2)CC1. The average molecular weight is 365 g/mol. The molecule has 2 aliphatic rings. The maximum atomic E-state index is 12.7. The fourth-order valence-corrected chi connectivity index (χ4v) is 5.15. The van der Waals surface area contributed by atoms with Gasteiger partial charge in [-0.2, -0.15) is 4.31 Å². The molecule has 138 valence electrons. The number of benzene rings is 1. The van der Waals surface area contributed by atoms with Crippen LogP contribution in [0.25, 0.3) is 0 Å². The van der Waals surface area contributed by atoms with Crippen molar-refractivity contribution in [1.29, 1.82) is 0 Å². The molecule has 1 aromatic rings. The van der Waals surface area contributed by atoms with E-state index in [2.05, 4.69) is 5.32 Å². The Morgan fingerprint density at radius 2 is 1.72 bits per heavy atom. The van der Waals surface area contributed by atoms with E-state index < -0.39 is 10.0 Å². The number of amides is 2. The molecule has 2 amide bonds. The molecule has 1 heterocycles. The summed E-state index contributed by atoms with van der Waals surface area (Å²) in [6, 6.07) is 9.48. The highest BCUT2D eigenvalue weighted by Crippen LogP contribution is 2.18. The second-order valence-electron chi connectivity index (χ2n) is 6.91. The van der Waals surface area contributed by atoms with E-state index in [9.17, 15) is 13.2 Å². The second-order valence-corrected chi connectivity index (χ2v) is 8.88. The van der Waals surface area contributed by atoms with Gasteiger partial charge in [0.25, 0.3) is 0 Å². The Kier molecular flexibility index (Phi) is 5.96. The highest BCUT2D eigenvalue weighted by Gasteiger charge is 2.28. The number of nitrogens with one attached hydrogen (secondary N) is 1. The summed E-state index contributed by atoms with van der Waals surface area (Å²) in [5.74, 6) is 0.0160. The summed E-state index contributed by atoms with van der Waals surface area (Å²) in [5, 5.41) is 3.09. The highest BCUT2D eigenvalue weighted by atomic mass is 32.2. The van der Waals surface area contributed by atoms with E-state index in [1.807, 2.05) is 30.3 Å². The fourth-order valence-electron chi connectivity index (χ4n) is 3.59. The number of nitrogens with zero attached hydrogens (tertiary/aromatic N) is 2. The Hall–Kier alpha value is -1.60. The van der Waals surface area contributed by atoms with E-state index in [1.165, 1.54) is 17.1 Å². The number of urea groups is 1. The van der Waals surface area contributed by atoms with Crippen molar-refractivity contribution >= 4 is 16.1 Å². The summed E-state index contributed by atoms with van der Waals surface area (Å²) >= 11 is 0. The van der Waals surface area contributed by atoms with Crippen molar-refractivity contribution in [2.24, 2.45) is 0 Å². The molecule has 2 fully saturated rings. The van der Waals surface area contributed by atoms with Crippen LogP contribution in [0.2, 0.25) is 0 Å². The lowest BCUT2D eigenvalue weighted by molar-refractivity contribution is 0.196. The van der Waals surface area contributed by atoms with Crippen LogP contribution in [-0.2, 0) is 15.8 Å². The first-order chi connectivity index (χ1) is 12.0. The fraction of sp³-hybridized carbons (Fsp3) is 0.611. The number of rotatable bonds is 4. The van der Waals surface area contributed by atoms with Crippen LogP contribution < -0.4 is 5.32 Å². The summed E-state index contributed by atoms with van der Waals surface area (Å²) in [5.41, 5.74) is 0.794. The smallest absolute Gasteiger partial charge is 0.317 e. The van der Waals surface area contributed by atoms with Crippen LogP contribution in [0.15, 0.2) is 30.3 Å². The second kappa shape index (κ2) is 8.19. The zero-order valence-electron chi connectivity index (χ0n) is 14.6. The van der Waals surface area contributed by atoms with Gasteiger partial charge in [0.2, 0.25) is 10.0 Å². The minimum absolute atomic E-state index is 0.0160. The van der Waals surface area contributed by atoms with Crippen LogP contribution in [0.4, 0.5) is 4.79 Å². The van der Waals surface area contributed by atoms with E-state index in [1.54, 1.807) is 4.90 Å². The number of hydrogen-bond donors (Lipinski definition) is 1. The molecule has 1 aliphatic heterocycles. The predicted octanol–water partition coefficient (Wildman–Crippen LogP) is 2.18. The van der Waals surface area contributed by atoms with E-state index in [4.69, 9.17) is 0 Å². The molecule has 0 spiro atoms. The van der Waals surface area contributed by atoms with Gasteiger partial charge >= 0.3 is 6.03 Å². The summed E-state index contributed by atoms with van der Waals surface area (Å²) in [6.07, 6.45) is 5.13. The van der Waals surface area contributed by atoms with Crippen molar-refractivity contribution in [3.63, 3.8) is 0 Å². The van der Waals surface area contributed by atoms with E-state index in [0.29, 0.717) is 32.6 Å². The number of hydrogen-bond acceptors (Lipinski definition) is 3. The van der Waals surface area contributed by atoms with Crippen molar-refractivity contribution in [2.45, 2.75) is 43.9 Å². The van der Waals surface area contributed by atoms with Gasteiger partial charge in [-0.25, -0.2) is 13.2 Å². The van der Waals surface area contributed by atoms with Gasteiger partial charge in [0, 0.05) is 32.2 Å². The zero-order chi connectivity index (χ0) is 17.7. The minimum atomic E-state index is -3.36. The van der Waals surface area contributed by atoms with Crippen molar-refractivity contribution in [2.75, 3.05) is 26.2 Å². The van der Waals surface area contributed by atoms with E-state index >= 15 is 0 Å². The first kappa shape index (κ1) is 18.2. The lowest BCUT2D eigenvalue weighted by atomic mass is 10.2. The Bertz CT molecular complexity index is 672. The molecule has 7 heteroatoms. The molecule has 3 rings (SSSR count). The van der Waals surface area contributed by atoms with Gasteiger partial charge in [-0.1, -0.05) is 43.2 Å². The molecule has 0 bridgehead atoms. The third kappa shape index (κ3) is 4.95. The molecule has 1 aromatic carbocycles. The van der Waals surface area contributed by atoms with Crippen LogP contribution in [0.5, 0.6) is 0 Å². The molecular weight excluding hydrogens is 338 g/mol. The van der Waals surface area contributed by atoms with Gasteiger partial charge in [0.05, 0.1) is 5.75 Å². The maximum absolute atomic E-state index is 12.7. The number of carbonyl (C=O) groups is 1. The molecule has 1 N–H and O–H groups in total. The molecule has 1 saturated carbocycles. The molecule has 25 heavy (non-hydrogen) atoms. The summed E-state index contributed by atoms with van der Waals surface area (Å²) in [7, 11) is -3.36. The van der Waals surface area contributed by atoms with E-state index in [-0.39, 0.29) is 17.8 Å². The Labute approximate surface area is 150 Å². The normalized spacial score (nSPS) is 20.4. The average Bonchev–Trinajstić information content (AvgIpc) is 2.95. The Morgan fingerprint density at radius 3 is 2.44 bits per heavy atom. The molecule has 0 unspecified atom stereocenters. The molecule has 6 nitrogen and oxygen atoms in total. The predicted molar refractivity (Wildman–Crippen MR) is 97.6 cm³/mol. The van der Waals surface area contributed by atoms with Gasteiger partial charge in [-0.3, -0.25) is 0 Å². The minimum Gasteiger partial charge on any atom is -0.335 e. The molecule has 0 radical (unpaired) electrons. The van der Waals surface area contributed by atoms with Gasteiger partial charge < -0.3 is 10.2 Å². The van der Waals surface area contributed by atoms with Gasteiger partial charge in [0.1, 0.15) is 0 Å². The lowest BCUT2D eigenvalue weighted by Gasteiger charge is -2.24. The summed E-state index contributed by atoms with van der Waals surface area (Å²) in [4.78, 5) is 14.2. The van der Waals surface area contributed by atoms with Crippen molar-refractivity contribution in [1.82, 2.24) is 14.5 Å².